The van der Waals surface area contributed by atoms with Crippen LogP contribution in [-0.4, -0.2) is 98.4 Å². The molecule has 2 aliphatic carbocycles. The molecule has 3 fully saturated rings. The first-order valence-electron chi connectivity index (χ1n) is 20.6. The van der Waals surface area contributed by atoms with Crippen molar-refractivity contribution in [3.63, 3.8) is 0 Å². The summed E-state index contributed by atoms with van der Waals surface area (Å²) in [6.07, 6.45) is 3.92. The molecule has 1 aromatic carbocycles. The molecule has 5 aliphatic rings. The largest absolute Gasteiger partial charge is 0.593 e. The number of pyridine rings is 1. The smallest absolute Gasteiger partial charge is 0.573 e. The van der Waals surface area contributed by atoms with Gasteiger partial charge in [0.25, 0.3) is 5.91 Å². The third-order valence-corrected chi connectivity index (χ3v) is 14.2. The number of fused-ring (bicyclic) bond motifs is 5. The number of alkyl halides is 3. The quantitative estimate of drug-likeness (QED) is 0.208. The molecule has 328 valence electrons. The first-order chi connectivity index (χ1) is 28.3. The average Bonchev–Trinajstić information content (AvgIpc) is 4.06. The Morgan fingerprint density at radius 2 is 1.90 bits per heavy atom. The Labute approximate surface area is 350 Å². The van der Waals surface area contributed by atoms with Gasteiger partial charge in [0.05, 0.1) is 29.1 Å². The summed E-state index contributed by atoms with van der Waals surface area (Å²) in [4.78, 5) is 63.0. The van der Waals surface area contributed by atoms with Gasteiger partial charge in [0.2, 0.25) is 11.8 Å². The van der Waals surface area contributed by atoms with Crippen LogP contribution in [0.25, 0.3) is 10.9 Å². The highest BCUT2D eigenvalue weighted by molar-refractivity contribution is 7.91. The number of nitrogens with one attached hydrogen (secondary N) is 3. The molecular weight excluding hydrogens is 808 g/mol. The summed E-state index contributed by atoms with van der Waals surface area (Å²) in [5, 5.41) is 6.19. The molecule has 1 unspecified atom stereocenters. The Morgan fingerprint density at radius 3 is 2.62 bits per heavy atom. The van der Waals surface area contributed by atoms with Crippen molar-refractivity contribution in [3.8, 4) is 11.5 Å². The first kappa shape index (κ1) is 43.8. The fourth-order valence-corrected chi connectivity index (χ4v) is 9.64. The van der Waals surface area contributed by atoms with Gasteiger partial charge in [-0.1, -0.05) is 25.0 Å². The van der Waals surface area contributed by atoms with Crippen LogP contribution in [0, 0.1) is 12.8 Å². The predicted octanol–water partition coefficient (Wildman–Crippen LogP) is 5.74. The molecular formula is C42H54F3N5O9S. The molecule has 18 heteroatoms. The lowest BCUT2D eigenvalue weighted by Crippen LogP contribution is -2.58. The molecule has 0 radical (unpaired) electrons. The van der Waals surface area contributed by atoms with Gasteiger partial charge < -0.3 is 39.0 Å². The van der Waals surface area contributed by atoms with E-state index in [2.05, 4.69) is 25.1 Å². The van der Waals surface area contributed by atoms with Crippen molar-refractivity contribution in [1.82, 2.24) is 25.2 Å². The molecule has 4 heterocycles. The number of halogens is 3. The van der Waals surface area contributed by atoms with Crippen molar-refractivity contribution in [2.24, 2.45) is 5.92 Å². The predicted molar refractivity (Wildman–Crippen MR) is 214 cm³/mol. The van der Waals surface area contributed by atoms with Crippen LogP contribution in [0.1, 0.15) is 103 Å². The van der Waals surface area contributed by atoms with E-state index in [1.54, 1.807) is 27.9 Å². The number of nitrogens with zero attached hydrogens (tertiary/aromatic N) is 2. The minimum Gasteiger partial charge on any atom is -0.593 e. The number of methoxy groups -OCH3 is 1. The highest BCUT2D eigenvalue weighted by Gasteiger charge is 2.64. The summed E-state index contributed by atoms with van der Waals surface area (Å²) < 4.78 is 76.7. The number of carbonyl (C=O) groups is 4. The number of carbonyl (C=O) groups excluding carboxylic acids is 4. The van der Waals surface area contributed by atoms with Gasteiger partial charge in [-0.15, -0.1) is 13.2 Å². The number of aryl methyl sites for hydroxylation is 2. The Bertz CT molecular complexity index is 2050. The molecule has 3 aliphatic heterocycles. The molecule has 1 saturated heterocycles. The van der Waals surface area contributed by atoms with Gasteiger partial charge in [0.15, 0.2) is 0 Å². The van der Waals surface area contributed by atoms with E-state index in [0.717, 1.165) is 12.8 Å². The maximum atomic E-state index is 14.9. The molecule has 1 aromatic heterocycles. The second-order valence-corrected chi connectivity index (χ2v) is 19.5. The molecule has 7 rings (SSSR count). The monoisotopic (exact) mass is 861 g/mol. The summed E-state index contributed by atoms with van der Waals surface area (Å²) >= 11 is -1.67. The Balaban J connectivity index is 1.22. The maximum Gasteiger partial charge on any atom is 0.573 e. The Morgan fingerprint density at radius 1 is 1.13 bits per heavy atom. The average molecular weight is 862 g/mol. The van der Waals surface area contributed by atoms with Crippen molar-refractivity contribution in [2.45, 2.75) is 145 Å². The number of rotatable bonds is 9. The van der Waals surface area contributed by atoms with Crippen LogP contribution in [0.2, 0.25) is 0 Å². The number of hydrogen-bond acceptors (Lipinski definition) is 10. The van der Waals surface area contributed by atoms with Gasteiger partial charge in [-0.3, -0.25) is 14.4 Å². The van der Waals surface area contributed by atoms with Gasteiger partial charge in [-0.25, -0.2) is 9.78 Å². The van der Waals surface area contributed by atoms with Gasteiger partial charge in [0.1, 0.15) is 45.1 Å². The minimum absolute atomic E-state index is 0.00212. The molecule has 4 amide bonds. The molecule has 1 spiro atoms. The lowest BCUT2D eigenvalue weighted by atomic mass is 9.87. The molecule has 0 bridgehead atoms. The van der Waals surface area contributed by atoms with Crippen LogP contribution in [-0.2, 0) is 41.6 Å². The summed E-state index contributed by atoms with van der Waals surface area (Å²) in [7, 11) is 1.54. The van der Waals surface area contributed by atoms with Crippen molar-refractivity contribution >= 4 is 46.1 Å². The Hall–Kier alpha value is -4.29. The van der Waals surface area contributed by atoms with Crippen molar-refractivity contribution < 1.29 is 55.8 Å². The highest BCUT2D eigenvalue weighted by Crippen LogP contribution is 2.49. The number of alkyl carbamates (subject to hydrolysis) is 1. The zero-order chi connectivity index (χ0) is 43.3. The lowest BCUT2D eigenvalue weighted by molar-refractivity contribution is -0.274. The fourth-order valence-electron chi connectivity index (χ4n) is 8.57. The number of hydrogen-bond donors (Lipinski definition) is 3. The van der Waals surface area contributed by atoms with Gasteiger partial charge in [-0.05, 0) is 84.4 Å². The number of ether oxygens (including phenoxy) is 4. The molecule has 60 heavy (non-hydrogen) atoms. The first-order valence-corrected chi connectivity index (χ1v) is 21.8. The Kier molecular flexibility index (Phi) is 12.1. The van der Waals surface area contributed by atoms with E-state index in [9.17, 15) is 36.9 Å². The molecule has 6 atom stereocenters. The number of aromatic nitrogens is 1. The molecule has 3 N–H and O–H groups in total. The van der Waals surface area contributed by atoms with Gasteiger partial charge >= 0.3 is 12.5 Å². The topological polar surface area (TPSA) is 180 Å². The van der Waals surface area contributed by atoms with Crippen molar-refractivity contribution in [1.29, 1.82) is 0 Å². The third kappa shape index (κ3) is 9.44. The number of amides is 4. The van der Waals surface area contributed by atoms with Crippen LogP contribution in [0.4, 0.5) is 18.0 Å². The SMILES string of the molecule is COCCC(C)(C)OC(=O)N[C@H]1CCCCC/C=C\[C@@H]2C[C@@]2(C(=O)N[S+]([O-])C2(C)CC2)NC(=O)[C@@H]2C[C@]3(CCc4c(c(C)nc5ccc(OC(F)(F)F)cc45)O3)CN2C1=O. The van der Waals surface area contributed by atoms with E-state index in [-0.39, 0.29) is 38.1 Å². The third-order valence-electron chi connectivity index (χ3n) is 12.5. The summed E-state index contributed by atoms with van der Waals surface area (Å²) in [5.74, 6) is -2.13. The van der Waals surface area contributed by atoms with E-state index in [4.69, 9.17) is 14.2 Å². The van der Waals surface area contributed by atoms with Crippen LogP contribution in [0.5, 0.6) is 11.5 Å². The summed E-state index contributed by atoms with van der Waals surface area (Å²) in [6, 6.07) is 1.69. The number of allylic oxidation sites excluding steroid dienone is 1. The van der Waals surface area contributed by atoms with Crippen LogP contribution in [0.3, 0.4) is 0 Å². The van der Waals surface area contributed by atoms with E-state index in [1.807, 2.05) is 19.1 Å². The van der Waals surface area contributed by atoms with Crippen LogP contribution < -0.4 is 24.8 Å². The summed E-state index contributed by atoms with van der Waals surface area (Å²) in [5.41, 5.74) is -1.91. The van der Waals surface area contributed by atoms with Gasteiger partial charge in [-0.2, -0.15) is 4.72 Å². The molecule has 14 nitrogen and oxygen atoms in total. The van der Waals surface area contributed by atoms with Gasteiger partial charge in [0, 0.05) is 56.3 Å². The van der Waals surface area contributed by atoms with Crippen molar-refractivity contribution in [2.75, 3.05) is 20.3 Å². The van der Waals surface area contributed by atoms with E-state index < -0.39 is 80.9 Å². The summed E-state index contributed by atoms with van der Waals surface area (Å²) in [6.45, 7) is 7.30. The lowest BCUT2D eigenvalue weighted by Gasteiger charge is -2.37. The van der Waals surface area contributed by atoms with E-state index in [1.165, 1.54) is 23.1 Å². The van der Waals surface area contributed by atoms with E-state index >= 15 is 0 Å². The van der Waals surface area contributed by atoms with Crippen molar-refractivity contribution in [3.05, 3.63) is 41.6 Å². The standard InChI is InChI=1S/C42H54F3N5O9S/c1-25-33-28(29-21-27(57-42(43,44)45)13-14-30(29)46-25)15-16-40(58-33)23-32-34(51)48-41(36(53)49-60(55)39(4)17-18-39)22-26(41)11-9-7-6-8-10-12-31(35(52)50(32)24-40)47-37(54)59-38(2,3)19-20-56-5/h9,11,13-14,21,26,31-32H,6-8,10,12,15-20,22-24H2,1-5H3,(H,47,54)(H,48,51)(H,49,53)/b11-9-/t26-,31+,32+,40-,41-,60?/m1/s1. The zero-order valence-corrected chi connectivity index (χ0v) is 35.4. The van der Waals surface area contributed by atoms with Crippen LogP contribution >= 0.6 is 0 Å². The highest BCUT2D eigenvalue weighted by atomic mass is 32.2. The van der Waals surface area contributed by atoms with E-state index in [0.29, 0.717) is 73.0 Å². The minimum atomic E-state index is -4.90. The number of benzene rings is 1. The van der Waals surface area contributed by atoms with Crippen LogP contribution in [0.15, 0.2) is 30.4 Å². The molecule has 2 saturated carbocycles. The molecule has 2 aromatic rings. The zero-order valence-electron chi connectivity index (χ0n) is 34.6. The fraction of sp³-hybridized carbons (Fsp3) is 0.643. The second-order valence-electron chi connectivity index (χ2n) is 17.8. The normalized spacial score (nSPS) is 28.8. The maximum absolute atomic E-state index is 14.9. The second kappa shape index (κ2) is 16.5.